The van der Waals surface area contributed by atoms with Gasteiger partial charge in [-0.2, -0.15) is 0 Å². The van der Waals surface area contributed by atoms with E-state index in [-0.39, 0.29) is 22.7 Å². The number of hydrogen-bond acceptors (Lipinski definition) is 3. The molecule has 1 aromatic rings. The molecule has 3 aliphatic rings. The number of thioether (sulfide) groups is 1. The molecule has 1 unspecified atom stereocenters. The van der Waals surface area contributed by atoms with Crippen molar-refractivity contribution in [3.8, 4) is 0 Å². The standard InChI is InChI=1S/C19H24ClN3O2S/c1-18(2)11-23(17(25)21-13-6-4-3-5-7-13)19(26-18)14-10-12(20)8-9-15(14)22-16(19)24/h8-10,13H,3-7,11H2,1-2H3,(H,21,25)(H,22,24). The van der Waals surface area contributed by atoms with Crippen LogP contribution in [-0.4, -0.2) is 34.2 Å². The second-order valence-corrected chi connectivity index (χ2v) is 10.4. The lowest BCUT2D eigenvalue weighted by Gasteiger charge is -2.34. The minimum atomic E-state index is -1.05. The number of nitrogens with one attached hydrogen (secondary N) is 2. The smallest absolute Gasteiger partial charge is 0.319 e. The van der Waals surface area contributed by atoms with Crippen molar-refractivity contribution in [3.05, 3.63) is 28.8 Å². The summed E-state index contributed by atoms with van der Waals surface area (Å²) in [6, 6.07) is 5.43. The van der Waals surface area contributed by atoms with Crippen molar-refractivity contribution in [3.63, 3.8) is 0 Å². The Labute approximate surface area is 163 Å². The molecule has 5 nitrogen and oxygen atoms in total. The third-order valence-corrected chi connectivity index (χ3v) is 7.26. The lowest BCUT2D eigenvalue weighted by molar-refractivity contribution is -0.121. The average Bonchev–Trinajstić information content (AvgIpc) is 3.03. The maximum atomic E-state index is 13.2. The number of urea groups is 1. The number of fused-ring (bicyclic) bond motifs is 2. The van der Waals surface area contributed by atoms with Crippen LogP contribution in [0, 0.1) is 0 Å². The topological polar surface area (TPSA) is 61.4 Å². The summed E-state index contributed by atoms with van der Waals surface area (Å²) in [5, 5.41) is 6.69. The number of benzene rings is 1. The van der Waals surface area contributed by atoms with E-state index in [0.717, 1.165) is 36.9 Å². The van der Waals surface area contributed by atoms with Gasteiger partial charge in [-0.3, -0.25) is 9.69 Å². The number of carbonyl (C=O) groups is 2. The van der Waals surface area contributed by atoms with Crippen LogP contribution in [-0.2, 0) is 9.67 Å². The lowest BCUT2D eigenvalue weighted by Crippen LogP contribution is -2.54. The van der Waals surface area contributed by atoms with Gasteiger partial charge in [-0.25, -0.2) is 4.79 Å². The Bertz CT molecular complexity index is 763. The summed E-state index contributed by atoms with van der Waals surface area (Å²) >= 11 is 7.75. The molecule has 2 aliphatic heterocycles. The van der Waals surface area contributed by atoms with E-state index in [1.54, 1.807) is 11.0 Å². The molecule has 1 aromatic carbocycles. The van der Waals surface area contributed by atoms with Gasteiger partial charge in [0.2, 0.25) is 0 Å². The molecule has 140 valence electrons. The minimum absolute atomic E-state index is 0.155. The van der Waals surface area contributed by atoms with Crippen LogP contribution in [0.15, 0.2) is 18.2 Å². The Morgan fingerprint density at radius 1 is 1.31 bits per heavy atom. The van der Waals surface area contributed by atoms with Crippen LogP contribution < -0.4 is 10.6 Å². The minimum Gasteiger partial charge on any atom is -0.335 e. The fraction of sp³-hybridized carbons (Fsp3) is 0.579. The van der Waals surface area contributed by atoms with Crippen molar-refractivity contribution in [1.29, 1.82) is 0 Å². The van der Waals surface area contributed by atoms with E-state index in [4.69, 9.17) is 11.6 Å². The molecule has 0 aromatic heterocycles. The molecule has 3 amide bonds. The highest BCUT2D eigenvalue weighted by atomic mass is 35.5. The van der Waals surface area contributed by atoms with Gasteiger partial charge in [-0.05, 0) is 44.9 Å². The Hall–Kier alpha value is -1.40. The average molecular weight is 394 g/mol. The molecule has 2 fully saturated rings. The predicted molar refractivity (Wildman–Crippen MR) is 106 cm³/mol. The molecule has 4 rings (SSSR count). The highest BCUT2D eigenvalue weighted by Crippen LogP contribution is 2.58. The molecular weight excluding hydrogens is 370 g/mol. The number of amides is 3. The van der Waals surface area contributed by atoms with Crippen molar-refractivity contribution in [1.82, 2.24) is 10.2 Å². The van der Waals surface area contributed by atoms with Crippen LogP contribution >= 0.6 is 23.4 Å². The Balaban J connectivity index is 1.70. The zero-order chi connectivity index (χ0) is 18.5. The summed E-state index contributed by atoms with van der Waals surface area (Å²) in [6.45, 7) is 4.65. The molecule has 0 bridgehead atoms. The molecule has 7 heteroatoms. The summed E-state index contributed by atoms with van der Waals surface area (Å²) in [7, 11) is 0. The van der Waals surface area contributed by atoms with Gasteiger partial charge in [0.15, 0.2) is 4.87 Å². The maximum Gasteiger partial charge on any atom is 0.319 e. The molecule has 1 saturated carbocycles. The van der Waals surface area contributed by atoms with E-state index in [2.05, 4.69) is 24.5 Å². The molecule has 0 radical (unpaired) electrons. The van der Waals surface area contributed by atoms with E-state index >= 15 is 0 Å². The molecule has 2 heterocycles. The lowest BCUT2D eigenvalue weighted by atomic mass is 9.95. The van der Waals surface area contributed by atoms with Crippen LogP contribution in [0.1, 0.15) is 51.5 Å². The molecule has 1 atom stereocenters. The van der Waals surface area contributed by atoms with E-state index in [0.29, 0.717) is 11.6 Å². The van der Waals surface area contributed by atoms with Crippen LogP contribution in [0.4, 0.5) is 10.5 Å². The second kappa shape index (κ2) is 6.34. The van der Waals surface area contributed by atoms with Gasteiger partial charge < -0.3 is 10.6 Å². The zero-order valence-corrected chi connectivity index (χ0v) is 16.7. The SMILES string of the molecule is CC1(C)CN(C(=O)NC2CCCCC2)C2(S1)C(=O)Nc1ccc(Cl)cc12. The summed E-state index contributed by atoms with van der Waals surface area (Å²) in [5.74, 6) is -0.163. The first-order valence-electron chi connectivity index (χ1n) is 9.22. The van der Waals surface area contributed by atoms with E-state index in [1.165, 1.54) is 18.2 Å². The highest BCUT2D eigenvalue weighted by molar-refractivity contribution is 8.02. The fourth-order valence-corrected chi connectivity index (χ4v) is 6.14. The van der Waals surface area contributed by atoms with Crippen molar-refractivity contribution in [2.75, 3.05) is 11.9 Å². The normalized spacial score (nSPS) is 27.5. The second-order valence-electron chi connectivity index (χ2n) is 8.02. The first kappa shape index (κ1) is 18.0. The molecule has 1 aliphatic carbocycles. The third-order valence-electron chi connectivity index (χ3n) is 5.42. The number of anilines is 1. The van der Waals surface area contributed by atoms with Crippen molar-refractivity contribution in [2.24, 2.45) is 0 Å². The Morgan fingerprint density at radius 2 is 2.04 bits per heavy atom. The number of halogens is 1. The first-order valence-corrected chi connectivity index (χ1v) is 10.4. The van der Waals surface area contributed by atoms with Crippen LogP contribution in [0.2, 0.25) is 5.02 Å². The van der Waals surface area contributed by atoms with Crippen LogP contribution in [0.5, 0.6) is 0 Å². The molecule has 26 heavy (non-hydrogen) atoms. The summed E-state index contributed by atoms with van der Waals surface area (Å²) in [5.41, 5.74) is 1.52. The highest BCUT2D eigenvalue weighted by Gasteiger charge is 2.61. The Morgan fingerprint density at radius 3 is 2.77 bits per heavy atom. The number of carbonyl (C=O) groups excluding carboxylic acids is 2. The number of hydrogen-bond donors (Lipinski definition) is 2. The fourth-order valence-electron chi connectivity index (χ4n) is 4.30. The van der Waals surface area contributed by atoms with Gasteiger partial charge in [0.05, 0.1) is 0 Å². The molecular formula is C19H24ClN3O2S. The summed E-state index contributed by atoms with van der Waals surface area (Å²) in [4.78, 5) is 26.9. The predicted octanol–water partition coefficient (Wildman–Crippen LogP) is 4.31. The van der Waals surface area contributed by atoms with E-state index < -0.39 is 4.87 Å². The monoisotopic (exact) mass is 393 g/mol. The van der Waals surface area contributed by atoms with Gasteiger partial charge in [0.1, 0.15) is 0 Å². The molecule has 1 saturated heterocycles. The number of rotatable bonds is 1. The van der Waals surface area contributed by atoms with Gasteiger partial charge in [-0.1, -0.05) is 30.9 Å². The quantitative estimate of drug-likeness (QED) is 0.747. The number of nitrogens with zero attached hydrogens (tertiary/aromatic N) is 1. The zero-order valence-electron chi connectivity index (χ0n) is 15.1. The van der Waals surface area contributed by atoms with Crippen molar-refractivity contribution >= 4 is 41.0 Å². The van der Waals surface area contributed by atoms with E-state index in [9.17, 15) is 9.59 Å². The molecule has 2 N–H and O–H groups in total. The van der Waals surface area contributed by atoms with Crippen molar-refractivity contribution in [2.45, 2.75) is 61.6 Å². The van der Waals surface area contributed by atoms with Gasteiger partial charge >= 0.3 is 6.03 Å². The maximum absolute atomic E-state index is 13.2. The Kier molecular flexibility index (Phi) is 4.39. The largest absolute Gasteiger partial charge is 0.335 e. The first-order chi connectivity index (χ1) is 12.3. The van der Waals surface area contributed by atoms with Crippen LogP contribution in [0.25, 0.3) is 0 Å². The van der Waals surface area contributed by atoms with E-state index in [1.807, 2.05) is 12.1 Å². The van der Waals surface area contributed by atoms with Crippen LogP contribution in [0.3, 0.4) is 0 Å². The van der Waals surface area contributed by atoms with Gasteiger partial charge in [0, 0.05) is 33.6 Å². The molecule has 1 spiro atoms. The van der Waals surface area contributed by atoms with Gasteiger partial charge in [-0.15, -0.1) is 11.8 Å². The van der Waals surface area contributed by atoms with Crippen molar-refractivity contribution < 1.29 is 9.59 Å². The summed E-state index contributed by atoms with van der Waals surface area (Å²) < 4.78 is -0.231. The summed E-state index contributed by atoms with van der Waals surface area (Å²) in [6.07, 6.45) is 5.55. The third kappa shape index (κ3) is 2.87. The van der Waals surface area contributed by atoms with Gasteiger partial charge in [0.25, 0.3) is 5.91 Å².